The highest BCUT2D eigenvalue weighted by Crippen LogP contribution is 2.27. The lowest BCUT2D eigenvalue weighted by Gasteiger charge is -2.03. The van der Waals surface area contributed by atoms with E-state index in [-0.39, 0.29) is 6.61 Å². The second-order valence-electron chi connectivity index (χ2n) is 2.95. The van der Waals surface area contributed by atoms with Crippen LogP contribution in [-0.4, -0.2) is 27.0 Å². The molecule has 1 aromatic carbocycles. The van der Waals surface area contributed by atoms with Crippen molar-refractivity contribution >= 4 is 45.1 Å². The molecule has 0 aromatic heterocycles. The van der Waals surface area contributed by atoms with Crippen molar-refractivity contribution in [1.82, 2.24) is 0 Å². The van der Waals surface area contributed by atoms with E-state index in [1.54, 1.807) is 12.1 Å². The first-order valence-electron chi connectivity index (χ1n) is 4.31. The minimum absolute atomic E-state index is 0.143. The SMILES string of the molecule is CS(=O)(=O)OCCSc1ccc(Cl)c(Cl)c1. The van der Waals surface area contributed by atoms with Crippen molar-refractivity contribution in [2.75, 3.05) is 18.6 Å². The zero-order valence-electron chi connectivity index (χ0n) is 8.44. The molecule has 0 amide bonds. The summed E-state index contributed by atoms with van der Waals surface area (Å²) in [6, 6.07) is 5.25. The third-order valence-corrected chi connectivity index (χ3v) is 3.83. The Balaban J connectivity index is 2.41. The van der Waals surface area contributed by atoms with Crippen molar-refractivity contribution in [2.45, 2.75) is 4.90 Å². The lowest BCUT2D eigenvalue weighted by molar-refractivity contribution is 0.345. The van der Waals surface area contributed by atoms with Crippen LogP contribution in [0.1, 0.15) is 0 Å². The van der Waals surface area contributed by atoms with Gasteiger partial charge in [-0.3, -0.25) is 4.18 Å². The van der Waals surface area contributed by atoms with Gasteiger partial charge in [-0.15, -0.1) is 11.8 Å². The summed E-state index contributed by atoms with van der Waals surface area (Å²) in [6.07, 6.45) is 1.02. The number of hydrogen-bond acceptors (Lipinski definition) is 4. The summed E-state index contributed by atoms with van der Waals surface area (Å²) in [4.78, 5) is 0.923. The van der Waals surface area contributed by atoms with Crippen LogP contribution in [-0.2, 0) is 14.3 Å². The summed E-state index contributed by atoms with van der Waals surface area (Å²) in [5.74, 6) is 0.533. The fraction of sp³-hybridized carbons (Fsp3) is 0.333. The first kappa shape index (κ1) is 14.1. The van der Waals surface area contributed by atoms with Crippen LogP contribution in [0.15, 0.2) is 23.1 Å². The van der Waals surface area contributed by atoms with Crippen LogP contribution in [0, 0.1) is 0 Å². The van der Waals surface area contributed by atoms with E-state index in [4.69, 9.17) is 23.2 Å². The standard InChI is InChI=1S/C9H10Cl2O3S2/c1-16(12,13)14-4-5-15-7-2-3-8(10)9(11)6-7/h2-3,6H,4-5H2,1H3. The number of halogens is 2. The molecule has 0 aliphatic rings. The van der Waals surface area contributed by atoms with Crippen molar-refractivity contribution in [1.29, 1.82) is 0 Å². The monoisotopic (exact) mass is 300 g/mol. The molecule has 3 nitrogen and oxygen atoms in total. The van der Waals surface area contributed by atoms with Crippen LogP contribution >= 0.6 is 35.0 Å². The van der Waals surface area contributed by atoms with Crippen LogP contribution in [0.25, 0.3) is 0 Å². The topological polar surface area (TPSA) is 43.4 Å². The van der Waals surface area contributed by atoms with Crippen LogP contribution in [0.3, 0.4) is 0 Å². The Morgan fingerprint density at radius 2 is 2.00 bits per heavy atom. The maximum absolute atomic E-state index is 10.7. The third-order valence-electron chi connectivity index (χ3n) is 1.54. The molecular weight excluding hydrogens is 291 g/mol. The molecule has 0 heterocycles. The quantitative estimate of drug-likeness (QED) is 0.476. The van der Waals surface area contributed by atoms with Gasteiger partial charge in [-0.05, 0) is 18.2 Å². The lowest BCUT2D eigenvalue weighted by atomic mass is 10.4. The smallest absolute Gasteiger partial charge is 0.264 e. The molecule has 0 unspecified atom stereocenters. The highest BCUT2D eigenvalue weighted by molar-refractivity contribution is 7.99. The highest BCUT2D eigenvalue weighted by atomic mass is 35.5. The van der Waals surface area contributed by atoms with Crippen molar-refractivity contribution in [2.24, 2.45) is 0 Å². The number of benzene rings is 1. The summed E-state index contributed by atoms with van der Waals surface area (Å²) in [6.45, 7) is 0.143. The summed E-state index contributed by atoms with van der Waals surface area (Å²) in [7, 11) is -3.35. The zero-order valence-corrected chi connectivity index (χ0v) is 11.6. The van der Waals surface area contributed by atoms with Crippen molar-refractivity contribution < 1.29 is 12.6 Å². The lowest BCUT2D eigenvalue weighted by Crippen LogP contribution is -2.05. The third kappa shape index (κ3) is 5.41. The zero-order chi connectivity index (χ0) is 12.2. The normalized spacial score (nSPS) is 11.7. The summed E-state index contributed by atoms with van der Waals surface area (Å²) in [5.41, 5.74) is 0. The first-order valence-corrected chi connectivity index (χ1v) is 7.86. The van der Waals surface area contributed by atoms with E-state index < -0.39 is 10.1 Å². The van der Waals surface area contributed by atoms with E-state index in [0.29, 0.717) is 15.8 Å². The molecule has 16 heavy (non-hydrogen) atoms. The Bertz CT molecular complexity index is 460. The molecule has 0 bridgehead atoms. The van der Waals surface area contributed by atoms with Crippen molar-refractivity contribution in [3.8, 4) is 0 Å². The molecule has 0 N–H and O–H groups in total. The van der Waals surface area contributed by atoms with Crippen LogP contribution < -0.4 is 0 Å². The Kier molecular flexibility index (Phi) is 5.40. The minimum Gasteiger partial charge on any atom is -0.269 e. The fourth-order valence-corrected chi connectivity index (χ4v) is 2.53. The molecule has 0 spiro atoms. The molecule has 0 atom stereocenters. The molecule has 0 saturated carbocycles. The minimum atomic E-state index is -3.35. The van der Waals surface area contributed by atoms with Crippen LogP contribution in [0.4, 0.5) is 0 Å². The largest absolute Gasteiger partial charge is 0.269 e. The van der Waals surface area contributed by atoms with Gasteiger partial charge in [0.25, 0.3) is 10.1 Å². The van der Waals surface area contributed by atoms with Crippen LogP contribution in [0.2, 0.25) is 10.0 Å². The summed E-state index contributed by atoms with van der Waals surface area (Å²) < 4.78 is 25.9. The fourth-order valence-electron chi connectivity index (χ4n) is 0.912. The average Bonchev–Trinajstić information content (AvgIpc) is 2.17. The van der Waals surface area contributed by atoms with E-state index in [0.717, 1.165) is 11.2 Å². The Hall–Kier alpha value is 0.0600. The van der Waals surface area contributed by atoms with Gasteiger partial charge in [-0.2, -0.15) is 8.42 Å². The second kappa shape index (κ2) is 6.12. The van der Waals surface area contributed by atoms with E-state index in [9.17, 15) is 8.42 Å². The predicted molar refractivity (Wildman–Crippen MR) is 68.0 cm³/mol. The molecule has 0 aliphatic heterocycles. The second-order valence-corrected chi connectivity index (χ2v) is 6.58. The number of thioether (sulfide) groups is 1. The van der Waals surface area contributed by atoms with Crippen molar-refractivity contribution in [3.05, 3.63) is 28.2 Å². The van der Waals surface area contributed by atoms with Gasteiger partial charge in [0.15, 0.2) is 0 Å². The van der Waals surface area contributed by atoms with Gasteiger partial charge in [0.05, 0.1) is 22.9 Å². The van der Waals surface area contributed by atoms with Gasteiger partial charge >= 0.3 is 0 Å². The van der Waals surface area contributed by atoms with Crippen LogP contribution in [0.5, 0.6) is 0 Å². The molecule has 0 radical (unpaired) electrons. The van der Waals surface area contributed by atoms with Gasteiger partial charge in [-0.25, -0.2) is 0 Å². The Morgan fingerprint density at radius 3 is 2.56 bits per heavy atom. The highest BCUT2D eigenvalue weighted by Gasteiger charge is 2.03. The molecule has 0 fully saturated rings. The average molecular weight is 301 g/mol. The Morgan fingerprint density at radius 1 is 1.31 bits per heavy atom. The molecule has 0 saturated heterocycles. The maximum Gasteiger partial charge on any atom is 0.264 e. The van der Waals surface area contributed by atoms with Crippen molar-refractivity contribution in [3.63, 3.8) is 0 Å². The number of hydrogen-bond donors (Lipinski definition) is 0. The number of rotatable bonds is 5. The van der Waals surface area contributed by atoms with E-state index >= 15 is 0 Å². The van der Waals surface area contributed by atoms with Gasteiger partial charge in [0, 0.05) is 10.6 Å². The molecule has 0 aliphatic carbocycles. The van der Waals surface area contributed by atoms with Gasteiger partial charge < -0.3 is 0 Å². The Labute approximate surface area is 109 Å². The summed E-state index contributed by atoms with van der Waals surface area (Å²) in [5, 5.41) is 0.981. The van der Waals surface area contributed by atoms with Gasteiger partial charge in [0.2, 0.25) is 0 Å². The molecule has 1 rings (SSSR count). The molecule has 90 valence electrons. The molecule has 1 aromatic rings. The van der Waals surface area contributed by atoms with Gasteiger partial charge in [0.1, 0.15) is 0 Å². The van der Waals surface area contributed by atoms with E-state index in [1.165, 1.54) is 11.8 Å². The van der Waals surface area contributed by atoms with E-state index in [1.807, 2.05) is 6.07 Å². The van der Waals surface area contributed by atoms with Gasteiger partial charge in [-0.1, -0.05) is 23.2 Å². The molecule has 7 heteroatoms. The predicted octanol–water partition coefficient (Wildman–Crippen LogP) is 3.06. The molecular formula is C9H10Cl2O3S2. The summed E-state index contributed by atoms with van der Waals surface area (Å²) >= 11 is 13.0. The maximum atomic E-state index is 10.7. The van der Waals surface area contributed by atoms with E-state index in [2.05, 4.69) is 4.18 Å². The first-order chi connectivity index (χ1) is 7.38.